The number of hydrogen-bond donors (Lipinski definition) is 3. The van der Waals surface area contributed by atoms with Crippen molar-refractivity contribution in [3.05, 3.63) is 106 Å². The fourth-order valence-corrected chi connectivity index (χ4v) is 5.18. The molecule has 1 unspecified atom stereocenters. The first-order chi connectivity index (χ1) is 19.2. The predicted octanol–water partition coefficient (Wildman–Crippen LogP) is 4.62. The number of primary amides is 1. The summed E-state index contributed by atoms with van der Waals surface area (Å²) in [5.74, 6) is 0.599. The summed E-state index contributed by atoms with van der Waals surface area (Å²) in [6.45, 7) is 7.67. The Morgan fingerprint density at radius 1 is 1.05 bits per heavy atom. The molecule has 40 heavy (non-hydrogen) atoms. The number of anilines is 1. The molecule has 0 aliphatic heterocycles. The van der Waals surface area contributed by atoms with E-state index >= 15 is 0 Å². The number of nitrogens with one attached hydrogen (secondary N) is 2. The number of rotatable bonds is 6. The summed E-state index contributed by atoms with van der Waals surface area (Å²) in [5.41, 5.74) is 12.1. The molecule has 2 aromatic carbocycles. The van der Waals surface area contributed by atoms with Gasteiger partial charge in [0.1, 0.15) is 23.3 Å². The van der Waals surface area contributed by atoms with E-state index in [-0.39, 0.29) is 5.56 Å². The molecule has 4 N–H and O–H groups in total. The lowest BCUT2D eigenvalue weighted by atomic mass is 9.95. The SMILES string of the molecule is Cc1cc(-c2c[nH]c3ncnc(NC(C)c4nn5ccc(C)c5c(=O)n4-c4ccccc4)c23)cc(C(N)=O)c1C. The predicted molar refractivity (Wildman–Crippen MR) is 155 cm³/mol. The summed E-state index contributed by atoms with van der Waals surface area (Å²) in [7, 11) is 0. The molecule has 10 nitrogen and oxygen atoms in total. The number of aromatic nitrogens is 6. The molecular formula is C30H28N8O2. The van der Waals surface area contributed by atoms with Gasteiger partial charge in [0, 0.05) is 23.5 Å². The molecule has 6 rings (SSSR count). The van der Waals surface area contributed by atoms with E-state index < -0.39 is 11.9 Å². The van der Waals surface area contributed by atoms with E-state index in [0.717, 1.165) is 38.9 Å². The van der Waals surface area contributed by atoms with Crippen molar-refractivity contribution in [1.29, 1.82) is 0 Å². The Labute approximate surface area is 229 Å². The smallest absolute Gasteiger partial charge is 0.282 e. The molecule has 0 radical (unpaired) electrons. The molecule has 1 atom stereocenters. The van der Waals surface area contributed by atoms with E-state index in [2.05, 4.69) is 20.3 Å². The summed E-state index contributed by atoms with van der Waals surface area (Å²) in [6.07, 6.45) is 5.11. The summed E-state index contributed by atoms with van der Waals surface area (Å²) in [5, 5.41) is 9.07. The first kappa shape index (κ1) is 25.1. The van der Waals surface area contributed by atoms with Crippen LogP contribution >= 0.6 is 0 Å². The molecule has 0 aliphatic rings. The molecule has 0 saturated heterocycles. The average Bonchev–Trinajstić information content (AvgIpc) is 3.54. The summed E-state index contributed by atoms with van der Waals surface area (Å²) >= 11 is 0. The molecule has 10 heteroatoms. The maximum atomic E-state index is 13.8. The molecule has 4 heterocycles. The number of aromatic amines is 1. The molecule has 0 fully saturated rings. The van der Waals surface area contributed by atoms with Crippen LogP contribution in [0.1, 0.15) is 45.8 Å². The molecular weight excluding hydrogens is 504 g/mol. The normalized spacial score (nSPS) is 12.2. The third-order valence-electron chi connectivity index (χ3n) is 7.38. The van der Waals surface area contributed by atoms with Gasteiger partial charge in [0.2, 0.25) is 5.91 Å². The third-order valence-corrected chi connectivity index (χ3v) is 7.38. The zero-order valence-corrected chi connectivity index (χ0v) is 22.6. The Morgan fingerprint density at radius 2 is 1.82 bits per heavy atom. The van der Waals surface area contributed by atoms with Crippen molar-refractivity contribution < 1.29 is 4.79 Å². The van der Waals surface area contributed by atoms with Gasteiger partial charge in [0.25, 0.3) is 5.56 Å². The monoisotopic (exact) mass is 532 g/mol. The molecule has 6 aromatic rings. The van der Waals surface area contributed by atoms with E-state index in [1.54, 1.807) is 21.3 Å². The van der Waals surface area contributed by atoms with Gasteiger partial charge in [-0.15, -0.1) is 0 Å². The van der Waals surface area contributed by atoms with Gasteiger partial charge in [-0.25, -0.2) is 14.5 Å². The largest absolute Gasteiger partial charge is 0.366 e. The van der Waals surface area contributed by atoms with E-state index in [4.69, 9.17) is 10.8 Å². The standard InChI is InChI=1S/C30H28N8O2/c1-16-10-11-37-25(16)30(40)38(21-8-6-5-7-9-21)29(36-37)19(4)35-28-24-23(14-32-27(24)33-15-34-28)20-12-17(2)18(3)22(13-20)26(31)39/h5-15,19H,1-4H3,(H2,31,39)(H2,32,33,34,35). The van der Waals surface area contributed by atoms with Crippen molar-refractivity contribution in [3.8, 4) is 16.8 Å². The van der Waals surface area contributed by atoms with Crippen LogP contribution in [0.15, 0.2) is 72.0 Å². The van der Waals surface area contributed by atoms with Crippen molar-refractivity contribution in [2.45, 2.75) is 33.7 Å². The van der Waals surface area contributed by atoms with Gasteiger partial charge in [0.05, 0.1) is 17.1 Å². The van der Waals surface area contributed by atoms with Crippen molar-refractivity contribution in [1.82, 2.24) is 29.1 Å². The van der Waals surface area contributed by atoms with Gasteiger partial charge in [0.15, 0.2) is 5.82 Å². The van der Waals surface area contributed by atoms with Crippen molar-refractivity contribution in [3.63, 3.8) is 0 Å². The molecule has 4 aromatic heterocycles. The number of H-pyrrole nitrogens is 1. The van der Waals surface area contributed by atoms with Gasteiger partial charge < -0.3 is 16.0 Å². The minimum atomic E-state index is -0.480. The quantitative estimate of drug-likeness (QED) is 0.286. The van der Waals surface area contributed by atoms with E-state index in [1.165, 1.54) is 6.33 Å². The Kier molecular flexibility index (Phi) is 5.95. The minimum Gasteiger partial charge on any atom is -0.366 e. The topological polar surface area (TPSA) is 136 Å². The Bertz CT molecular complexity index is 1980. The minimum absolute atomic E-state index is 0.156. The molecule has 0 aliphatic carbocycles. The van der Waals surface area contributed by atoms with Crippen LogP contribution in [0, 0.1) is 20.8 Å². The summed E-state index contributed by atoms with van der Waals surface area (Å²) in [4.78, 5) is 38.1. The van der Waals surface area contributed by atoms with Crippen LogP contribution in [0.4, 0.5) is 5.82 Å². The maximum absolute atomic E-state index is 13.8. The van der Waals surface area contributed by atoms with Gasteiger partial charge in [-0.1, -0.05) is 24.3 Å². The van der Waals surface area contributed by atoms with Gasteiger partial charge in [-0.3, -0.25) is 14.2 Å². The Balaban J connectivity index is 1.50. The number of benzene rings is 2. The highest BCUT2D eigenvalue weighted by Gasteiger charge is 2.22. The molecule has 0 bridgehead atoms. The van der Waals surface area contributed by atoms with E-state index in [9.17, 15) is 9.59 Å². The first-order valence-electron chi connectivity index (χ1n) is 12.9. The highest BCUT2D eigenvalue weighted by Crippen LogP contribution is 2.35. The Morgan fingerprint density at radius 3 is 2.58 bits per heavy atom. The summed E-state index contributed by atoms with van der Waals surface area (Å²) < 4.78 is 3.27. The number of carbonyl (C=O) groups is 1. The lowest BCUT2D eigenvalue weighted by Gasteiger charge is -2.20. The molecule has 1 amide bonds. The lowest BCUT2D eigenvalue weighted by molar-refractivity contribution is 0.0999. The molecule has 0 saturated carbocycles. The third kappa shape index (κ3) is 4.01. The van der Waals surface area contributed by atoms with Crippen LogP contribution in [0.3, 0.4) is 0 Å². The first-order valence-corrected chi connectivity index (χ1v) is 12.9. The van der Waals surface area contributed by atoms with Crippen LogP contribution in [-0.4, -0.2) is 35.0 Å². The number of nitrogens with two attached hydrogens (primary N) is 1. The number of aryl methyl sites for hydroxylation is 2. The maximum Gasteiger partial charge on any atom is 0.282 e. The van der Waals surface area contributed by atoms with E-state index in [0.29, 0.717) is 28.4 Å². The Hall–Kier alpha value is -5.25. The number of para-hydroxylation sites is 1. The van der Waals surface area contributed by atoms with Gasteiger partial charge in [-0.2, -0.15) is 5.10 Å². The van der Waals surface area contributed by atoms with Crippen LogP contribution in [-0.2, 0) is 0 Å². The van der Waals surface area contributed by atoms with Crippen LogP contribution in [0.2, 0.25) is 0 Å². The number of fused-ring (bicyclic) bond motifs is 2. The molecule has 200 valence electrons. The van der Waals surface area contributed by atoms with Crippen molar-refractivity contribution in [2.24, 2.45) is 5.73 Å². The van der Waals surface area contributed by atoms with Crippen molar-refractivity contribution >= 4 is 28.3 Å². The average molecular weight is 533 g/mol. The number of nitrogens with zero attached hydrogens (tertiary/aromatic N) is 5. The second kappa shape index (κ2) is 9.49. The second-order valence-electron chi connectivity index (χ2n) is 9.97. The number of amides is 1. The van der Waals surface area contributed by atoms with Crippen LogP contribution in [0.25, 0.3) is 33.4 Å². The molecule has 0 spiro atoms. The fourth-order valence-electron chi connectivity index (χ4n) is 5.18. The van der Waals surface area contributed by atoms with Crippen LogP contribution < -0.4 is 16.6 Å². The lowest BCUT2D eigenvalue weighted by Crippen LogP contribution is -2.29. The summed E-state index contributed by atoms with van der Waals surface area (Å²) in [6, 6.07) is 14.7. The highest BCUT2D eigenvalue weighted by atomic mass is 16.1. The van der Waals surface area contributed by atoms with Crippen molar-refractivity contribution in [2.75, 3.05) is 5.32 Å². The number of hydrogen-bond acceptors (Lipinski definition) is 6. The second-order valence-corrected chi connectivity index (χ2v) is 9.97. The number of carbonyl (C=O) groups excluding carboxylic acids is 1. The zero-order chi connectivity index (χ0) is 28.1. The van der Waals surface area contributed by atoms with Gasteiger partial charge >= 0.3 is 0 Å². The zero-order valence-electron chi connectivity index (χ0n) is 22.6. The van der Waals surface area contributed by atoms with E-state index in [1.807, 2.05) is 76.4 Å². The van der Waals surface area contributed by atoms with Gasteiger partial charge in [-0.05, 0) is 74.2 Å². The van der Waals surface area contributed by atoms with Crippen LogP contribution in [0.5, 0.6) is 0 Å². The highest BCUT2D eigenvalue weighted by molar-refractivity contribution is 6.03. The fraction of sp³-hybridized carbons (Fsp3) is 0.167.